The number of nitrogens with zero attached hydrogens (tertiary/aromatic N) is 3. The van der Waals surface area contributed by atoms with Crippen LogP contribution in [-0.2, 0) is 9.59 Å². The quantitative estimate of drug-likeness (QED) is 0.804. The van der Waals surface area contributed by atoms with E-state index in [-0.39, 0.29) is 17.5 Å². The van der Waals surface area contributed by atoms with E-state index < -0.39 is 11.9 Å². The van der Waals surface area contributed by atoms with Gasteiger partial charge < -0.3 is 9.80 Å². The minimum atomic E-state index is -0.592. The number of hydrogen-bond donors (Lipinski definition) is 0. The second kappa shape index (κ2) is 7.25. The van der Waals surface area contributed by atoms with Gasteiger partial charge in [0, 0.05) is 32.1 Å². The Labute approximate surface area is 145 Å². The summed E-state index contributed by atoms with van der Waals surface area (Å²) in [5.41, 5.74) is 1.05. The van der Waals surface area contributed by atoms with E-state index in [4.69, 9.17) is 0 Å². The molecule has 0 radical (unpaired) electrons. The number of carbonyl (C=O) groups excluding carboxylic acids is 2. The summed E-state index contributed by atoms with van der Waals surface area (Å²) in [5.74, 6) is -0.990. The van der Waals surface area contributed by atoms with Crippen LogP contribution in [-0.4, -0.2) is 41.3 Å². The van der Waals surface area contributed by atoms with E-state index in [1.807, 2.05) is 6.07 Å². The lowest BCUT2D eigenvalue weighted by atomic mass is 10.2. The molecule has 1 fully saturated rings. The van der Waals surface area contributed by atoms with Gasteiger partial charge in [-0.25, -0.2) is 4.39 Å². The first-order valence-corrected chi connectivity index (χ1v) is 7.99. The van der Waals surface area contributed by atoms with Crippen LogP contribution in [0.4, 0.5) is 10.1 Å². The molecule has 2 aromatic rings. The molecule has 128 valence electrons. The highest BCUT2D eigenvalue weighted by Crippen LogP contribution is 2.26. The van der Waals surface area contributed by atoms with Crippen LogP contribution < -0.4 is 4.90 Å². The number of hydrogen-bond acceptors (Lipinski definition) is 3. The number of amides is 2. The number of pyridine rings is 1. The van der Waals surface area contributed by atoms with Gasteiger partial charge in [0.15, 0.2) is 0 Å². The van der Waals surface area contributed by atoms with Gasteiger partial charge in [0.1, 0.15) is 11.9 Å². The Balaban J connectivity index is 1.70. The summed E-state index contributed by atoms with van der Waals surface area (Å²) >= 11 is 0. The molecule has 3 rings (SSSR count). The van der Waals surface area contributed by atoms with Gasteiger partial charge in [-0.3, -0.25) is 14.6 Å². The van der Waals surface area contributed by atoms with Gasteiger partial charge in [-0.2, -0.15) is 0 Å². The molecule has 0 bridgehead atoms. The monoisotopic (exact) mass is 339 g/mol. The first kappa shape index (κ1) is 16.8. The van der Waals surface area contributed by atoms with Crippen molar-refractivity contribution in [3.8, 4) is 0 Å². The minimum absolute atomic E-state index is 0.252. The van der Waals surface area contributed by atoms with Crippen molar-refractivity contribution in [2.24, 2.45) is 0 Å². The van der Waals surface area contributed by atoms with Gasteiger partial charge in [-0.05, 0) is 36.3 Å². The van der Waals surface area contributed by atoms with Crippen LogP contribution in [0, 0.1) is 5.82 Å². The van der Waals surface area contributed by atoms with E-state index in [1.165, 1.54) is 21.9 Å². The van der Waals surface area contributed by atoms with E-state index >= 15 is 0 Å². The zero-order valence-electron chi connectivity index (χ0n) is 13.8. The number of likely N-dealkylation sites (N-methyl/N-ethyl adjacent to an activating group) is 1. The highest BCUT2D eigenvalue weighted by molar-refractivity contribution is 6.03. The van der Waals surface area contributed by atoms with Crippen molar-refractivity contribution in [1.29, 1.82) is 0 Å². The highest BCUT2D eigenvalue weighted by atomic mass is 19.1. The Morgan fingerprint density at radius 1 is 1.32 bits per heavy atom. The smallest absolute Gasteiger partial charge is 0.249 e. The van der Waals surface area contributed by atoms with Crippen LogP contribution in [0.2, 0.25) is 0 Å². The van der Waals surface area contributed by atoms with Gasteiger partial charge >= 0.3 is 0 Å². The van der Waals surface area contributed by atoms with Gasteiger partial charge in [0.2, 0.25) is 11.8 Å². The molecule has 1 unspecified atom stereocenters. The third kappa shape index (κ3) is 3.57. The molecule has 2 amide bonds. The summed E-state index contributed by atoms with van der Waals surface area (Å²) in [7, 11) is 1.59. The maximum atomic E-state index is 13.9. The fraction of sp³-hybridized carbons (Fsp3) is 0.211. The summed E-state index contributed by atoms with van der Waals surface area (Å²) in [6.07, 6.45) is 6.83. The van der Waals surface area contributed by atoms with Crippen molar-refractivity contribution in [2.45, 2.75) is 12.5 Å². The largest absolute Gasteiger partial charge is 0.330 e. The number of halogens is 1. The lowest BCUT2D eigenvalue weighted by Crippen LogP contribution is -2.42. The Hall–Kier alpha value is -3.02. The minimum Gasteiger partial charge on any atom is -0.330 e. The highest BCUT2D eigenvalue weighted by Gasteiger charge is 2.37. The Morgan fingerprint density at radius 2 is 2.12 bits per heavy atom. The SMILES string of the molecule is CN(C(=O)C=Cc1cccnc1)C1CCN(c2ccccc2F)C1=O. The van der Waals surface area contributed by atoms with Crippen molar-refractivity contribution in [2.75, 3.05) is 18.5 Å². The van der Waals surface area contributed by atoms with E-state index in [2.05, 4.69) is 4.98 Å². The van der Waals surface area contributed by atoms with Gasteiger partial charge in [-0.1, -0.05) is 18.2 Å². The molecule has 1 aromatic carbocycles. The van der Waals surface area contributed by atoms with E-state index in [1.54, 1.807) is 49.8 Å². The van der Waals surface area contributed by atoms with Crippen molar-refractivity contribution in [3.63, 3.8) is 0 Å². The van der Waals surface area contributed by atoms with Crippen LogP contribution in [0.25, 0.3) is 6.08 Å². The second-order valence-electron chi connectivity index (χ2n) is 5.81. The van der Waals surface area contributed by atoms with Crippen molar-refractivity contribution in [3.05, 3.63) is 66.2 Å². The average molecular weight is 339 g/mol. The molecule has 0 N–H and O–H groups in total. The third-order valence-corrected chi connectivity index (χ3v) is 4.24. The molecule has 0 aliphatic carbocycles. The average Bonchev–Trinajstić information content (AvgIpc) is 3.01. The van der Waals surface area contributed by atoms with Crippen LogP contribution in [0.3, 0.4) is 0 Å². The molecule has 1 atom stereocenters. The van der Waals surface area contributed by atoms with Crippen LogP contribution in [0.15, 0.2) is 54.9 Å². The zero-order valence-corrected chi connectivity index (χ0v) is 13.8. The lowest BCUT2D eigenvalue weighted by Gasteiger charge is -2.23. The second-order valence-corrected chi connectivity index (χ2v) is 5.81. The molecule has 25 heavy (non-hydrogen) atoms. The summed E-state index contributed by atoms with van der Waals surface area (Å²) in [6.45, 7) is 0.383. The Morgan fingerprint density at radius 3 is 2.84 bits per heavy atom. The molecule has 1 aliphatic rings. The predicted octanol–water partition coefficient (Wildman–Crippen LogP) is 2.50. The fourth-order valence-corrected chi connectivity index (χ4v) is 2.85. The standard InChI is InChI=1S/C19H18FN3O2/c1-22(18(24)9-8-14-5-4-11-21-13-14)17-10-12-23(19(17)25)16-7-3-2-6-15(16)20/h2-9,11,13,17H,10,12H2,1H3. The van der Waals surface area contributed by atoms with Gasteiger partial charge in [0.25, 0.3) is 0 Å². The number of benzene rings is 1. The van der Waals surface area contributed by atoms with E-state index in [0.717, 1.165) is 5.56 Å². The summed E-state index contributed by atoms with van der Waals surface area (Å²) in [5, 5.41) is 0. The molecule has 6 heteroatoms. The van der Waals surface area contributed by atoms with E-state index in [0.29, 0.717) is 13.0 Å². The van der Waals surface area contributed by atoms with Crippen LogP contribution in [0.1, 0.15) is 12.0 Å². The number of aromatic nitrogens is 1. The zero-order chi connectivity index (χ0) is 17.8. The number of carbonyl (C=O) groups is 2. The summed E-state index contributed by atoms with van der Waals surface area (Å²) in [6, 6.07) is 9.17. The Kier molecular flexibility index (Phi) is 4.88. The van der Waals surface area contributed by atoms with E-state index in [9.17, 15) is 14.0 Å². The van der Waals surface area contributed by atoms with Crippen LogP contribution >= 0.6 is 0 Å². The molecular formula is C19H18FN3O2. The molecule has 1 aromatic heterocycles. The molecule has 2 heterocycles. The number of rotatable bonds is 4. The summed E-state index contributed by atoms with van der Waals surface area (Å²) < 4.78 is 13.9. The van der Waals surface area contributed by atoms with Crippen molar-refractivity contribution < 1.29 is 14.0 Å². The number of para-hydroxylation sites is 1. The van der Waals surface area contributed by atoms with Crippen LogP contribution in [0.5, 0.6) is 0 Å². The summed E-state index contributed by atoms with van der Waals surface area (Å²) in [4.78, 5) is 31.7. The lowest BCUT2D eigenvalue weighted by molar-refractivity contribution is -0.132. The third-order valence-electron chi connectivity index (χ3n) is 4.24. The molecule has 0 saturated carbocycles. The molecule has 1 saturated heterocycles. The molecule has 0 spiro atoms. The Bertz CT molecular complexity index is 807. The fourth-order valence-electron chi connectivity index (χ4n) is 2.85. The van der Waals surface area contributed by atoms with Crippen molar-refractivity contribution in [1.82, 2.24) is 9.88 Å². The maximum absolute atomic E-state index is 13.9. The number of anilines is 1. The van der Waals surface area contributed by atoms with Gasteiger partial charge in [-0.15, -0.1) is 0 Å². The topological polar surface area (TPSA) is 53.5 Å². The first-order valence-electron chi connectivity index (χ1n) is 7.99. The maximum Gasteiger partial charge on any atom is 0.249 e. The normalized spacial score (nSPS) is 17.3. The molecule has 5 nitrogen and oxygen atoms in total. The molecular weight excluding hydrogens is 321 g/mol. The first-order chi connectivity index (χ1) is 12.1. The van der Waals surface area contributed by atoms with Crippen molar-refractivity contribution >= 4 is 23.6 Å². The van der Waals surface area contributed by atoms with Gasteiger partial charge in [0.05, 0.1) is 5.69 Å². The predicted molar refractivity (Wildman–Crippen MR) is 93.2 cm³/mol. The molecule has 1 aliphatic heterocycles.